The number of anilines is 2. The minimum atomic E-state index is -0.00878. The molecule has 154 valence electrons. The van der Waals surface area contributed by atoms with E-state index in [0.717, 1.165) is 55.5 Å². The number of carbonyl (C=O) groups excluding carboxylic acids is 2. The molecule has 5 rings (SSSR count). The highest BCUT2D eigenvalue weighted by Crippen LogP contribution is 2.30. The Hall–Kier alpha value is -3.22. The Balaban J connectivity index is 1.34. The number of carbonyl (C=O) groups is 2. The fourth-order valence-electron chi connectivity index (χ4n) is 4.07. The SMILES string of the molecule is O=C(Nc1ccc(-c2cccc3nc(NC(=O)C4CC4)nn23)cc1)C1CCCCC1. The maximum Gasteiger partial charge on any atom is 0.249 e. The molecule has 7 heteroatoms. The van der Waals surface area contributed by atoms with Gasteiger partial charge >= 0.3 is 0 Å². The Morgan fingerprint density at radius 2 is 1.53 bits per heavy atom. The topological polar surface area (TPSA) is 88.4 Å². The number of aromatic nitrogens is 3. The van der Waals surface area contributed by atoms with Gasteiger partial charge in [-0.3, -0.25) is 14.9 Å². The summed E-state index contributed by atoms with van der Waals surface area (Å²) in [5, 5.41) is 10.3. The van der Waals surface area contributed by atoms with Gasteiger partial charge in [-0.1, -0.05) is 37.5 Å². The quantitative estimate of drug-likeness (QED) is 0.666. The zero-order valence-electron chi connectivity index (χ0n) is 16.8. The summed E-state index contributed by atoms with van der Waals surface area (Å²) in [5.41, 5.74) is 3.31. The molecule has 0 radical (unpaired) electrons. The number of fused-ring (bicyclic) bond motifs is 1. The molecule has 2 aliphatic carbocycles. The fourth-order valence-corrected chi connectivity index (χ4v) is 4.07. The summed E-state index contributed by atoms with van der Waals surface area (Å²) in [6, 6.07) is 13.5. The zero-order chi connectivity index (χ0) is 20.5. The van der Waals surface area contributed by atoms with Gasteiger partial charge in [0, 0.05) is 23.1 Å². The monoisotopic (exact) mass is 403 g/mol. The highest BCUT2D eigenvalue weighted by molar-refractivity contribution is 5.93. The number of hydrogen-bond acceptors (Lipinski definition) is 4. The molecule has 2 aliphatic rings. The van der Waals surface area contributed by atoms with Crippen LogP contribution in [0, 0.1) is 11.8 Å². The van der Waals surface area contributed by atoms with Crippen molar-refractivity contribution in [1.82, 2.24) is 14.6 Å². The highest BCUT2D eigenvalue weighted by Gasteiger charge is 2.30. The van der Waals surface area contributed by atoms with E-state index in [9.17, 15) is 9.59 Å². The Labute approximate surface area is 174 Å². The smallest absolute Gasteiger partial charge is 0.249 e. The van der Waals surface area contributed by atoms with Gasteiger partial charge in [-0.25, -0.2) is 4.52 Å². The van der Waals surface area contributed by atoms with Gasteiger partial charge in [-0.2, -0.15) is 4.98 Å². The van der Waals surface area contributed by atoms with Gasteiger partial charge in [0.2, 0.25) is 17.8 Å². The molecule has 2 fully saturated rings. The minimum Gasteiger partial charge on any atom is -0.326 e. The molecule has 2 saturated carbocycles. The molecule has 0 unspecified atom stereocenters. The second-order valence-corrected chi connectivity index (χ2v) is 8.28. The lowest BCUT2D eigenvalue weighted by Crippen LogP contribution is -2.24. The third kappa shape index (κ3) is 3.92. The molecule has 7 nitrogen and oxygen atoms in total. The van der Waals surface area contributed by atoms with Gasteiger partial charge in [0.25, 0.3) is 0 Å². The summed E-state index contributed by atoms with van der Waals surface area (Å²) in [6.45, 7) is 0. The molecule has 30 heavy (non-hydrogen) atoms. The molecule has 0 spiro atoms. The minimum absolute atomic E-state index is 0.00878. The summed E-state index contributed by atoms with van der Waals surface area (Å²) in [7, 11) is 0. The van der Waals surface area contributed by atoms with Crippen LogP contribution in [0.25, 0.3) is 16.9 Å². The molecule has 2 aromatic heterocycles. The van der Waals surface area contributed by atoms with Gasteiger partial charge in [0.15, 0.2) is 5.65 Å². The van der Waals surface area contributed by atoms with Crippen LogP contribution >= 0.6 is 0 Å². The van der Waals surface area contributed by atoms with Crippen molar-refractivity contribution in [1.29, 1.82) is 0 Å². The van der Waals surface area contributed by atoms with Crippen LogP contribution in [0.3, 0.4) is 0 Å². The van der Waals surface area contributed by atoms with Crippen molar-refractivity contribution in [3.05, 3.63) is 42.5 Å². The van der Waals surface area contributed by atoms with E-state index in [0.29, 0.717) is 11.6 Å². The number of hydrogen-bond donors (Lipinski definition) is 2. The molecule has 0 atom stereocenters. The van der Waals surface area contributed by atoms with Crippen LogP contribution in [-0.4, -0.2) is 26.4 Å². The lowest BCUT2D eigenvalue weighted by atomic mass is 9.88. The van der Waals surface area contributed by atoms with Crippen LogP contribution in [0.2, 0.25) is 0 Å². The van der Waals surface area contributed by atoms with Gasteiger partial charge in [-0.15, -0.1) is 5.10 Å². The van der Waals surface area contributed by atoms with Crippen molar-refractivity contribution in [2.45, 2.75) is 44.9 Å². The average Bonchev–Trinajstić information content (AvgIpc) is 3.55. The van der Waals surface area contributed by atoms with E-state index in [2.05, 4.69) is 20.7 Å². The Morgan fingerprint density at radius 1 is 0.833 bits per heavy atom. The molecule has 3 aromatic rings. The van der Waals surface area contributed by atoms with Crippen LogP contribution < -0.4 is 10.6 Å². The average molecular weight is 403 g/mol. The van der Waals surface area contributed by atoms with E-state index in [1.54, 1.807) is 4.52 Å². The molecular formula is C23H25N5O2. The van der Waals surface area contributed by atoms with Gasteiger partial charge in [0.1, 0.15) is 0 Å². The first-order valence-corrected chi connectivity index (χ1v) is 10.8. The van der Waals surface area contributed by atoms with Crippen molar-refractivity contribution in [2.75, 3.05) is 10.6 Å². The van der Waals surface area contributed by atoms with Crippen molar-refractivity contribution >= 4 is 29.1 Å². The Kier molecular flexibility index (Phi) is 4.94. The van der Waals surface area contributed by atoms with E-state index in [4.69, 9.17) is 0 Å². The fraction of sp³-hybridized carbons (Fsp3) is 0.391. The number of benzene rings is 1. The van der Waals surface area contributed by atoms with Gasteiger partial charge < -0.3 is 5.32 Å². The first kappa shape index (κ1) is 18.8. The predicted molar refractivity (Wildman–Crippen MR) is 115 cm³/mol. The molecule has 0 saturated heterocycles. The number of nitrogens with one attached hydrogen (secondary N) is 2. The molecular weight excluding hydrogens is 378 g/mol. The summed E-state index contributed by atoms with van der Waals surface area (Å²) in [4.78, 5) is 28.9. The number of rotatable bonds is 5. The van der Waals surface area contributed by atoms with E-state index in [1.807, 2.05) is 42.5 Å². The zero-order valence-corrected chi connectivity index (χ0v) is 16.8. The highest BCUT2D eigenvalue weighted by atomic mass is 16.2. The summed E-state index contributed by atoms with van der Waals surface area (Å²) in [5.74, 6) is 0.678. The first-order chi connectivity index (χ1) is 14.7. The third-order valence-electron chi connectivity index (χ3n) is 5.97. The van der Waals surface area contributed by atoms with E-state index < -0.39 is 0 Å². The summed E-state index contributed by atoms with van der Waals surface area (Å²) < 4.78 is 1.73. The standard InChI is InChI=1S/C23H25N5O2/c29-21(16-5-2-1-3-6-16)24-18-13-11-15(12-14-18)19-7-4-8-20-25-23(27-28(19)20)26-22(30)17-9-10-17/h4,7-8,11-14,16-17H,1-3,5-6,9-10H2,(H,24,29)(H,26,27,30). The number of pyridine rings is 1. The Morgan fingerprint density at radius 3 is 2.27 bits per heavy atom. The van der Waals surface area contributed by atoms with Crippen molar-refractivity contribution in [3.63, 3.8) is 0 Å². The normalized spacial score (nSPS) is 17.1. The van der Waals surface area contributed by atoms with Crippen LogP contribution in [0.4, 0.5) is 11.6 Å². The van der Waals surface area contributed by atoms with E-state index in [-0.39, 0.29) is 23.7 Å². The van der Waals surface area contributed by atoms with Crippen molar-refractivity contribution in [3.8, 4) is 11.3 Å². The van der Waals surface area contributed by atoms with Gasteiger partial charge in [-0.05, 0) is 49.9 Å². The predicted octanol–water partition coefficient (Wildman–Crippen LogP) is 4.26. The molecule has 2 heterocycles. The first-order valence-electron chi connectivity index (χ1n) is 10.8. The number of nitrogens with zero attached hydrogens (tertiary/aromatic N) is 3. The molecule has 1 aromatic carbocycles. The molecule has 2 N–H and O–H groups in total. The van der Waals surface area contributed by atoms with Crippen LogP contribution in [0.5, 0.6) is 0 Å². The summed E-state index contributed by atoms with van der Waals surface area (Å²) in [6.07, 6.45) is 7.36. The summed E-state index contributed by atoms with van der Waals surface area (Å²) >= 11 is 0. The maximum absolute atomic E-state index is 12.5. The van der Waals surface area contributed by atoms with Crippen LogP contribution in [-0.2, 0) is 9.59 Å². The van der Waals surface area contributed by atoms with Gasteiger partial charge in [0.05, 0.1) is 5.69 Å². The largest absolute Gasteiger partial charge is 0.326 e. The third-order valence-corrected chi connectivity index (χ3v) is 5.97. The Bertz CT molecular complexity index is 1080. The molecule has 2 amide bonds. The van der Waals surface area contributed by atoms with Crippen molar-refractivity contribution < 1.29 is 9.59 Å². The van der Waals surface area contributed by atoms with Crippen LogP contribution in [0.15, 0.2) is 42.5 Å². The lowest BCUT2D eigenvalue weighted by molar-refractivity contribution is -0.120. The van der Waals surface area contributed by atoms with Crippen LogP contribution in [0.1, 0.15) is 44.9 Å². The van der Waals surface area contributed by atoms with E-state index >= 15 is 0 Å². The number of amides is 2. The second kappa shape index (κ2) is 7.89. The maximum atomic E-state index is 12.5. The van der Waals surface area contributed by atoms with Crippen molar-refractivity contribution in [2.24, 2.45) is 11.8 Å². The van der Waals surface area contributed by atoms with E-state index in [1.165, 1.54) is 6.42 Å². The molecule has 0 aliphatic heterocycles. The second-order valence-electron chi connectivity index (χ2n) is 8.28. The molecule has 0 bridgehead atoms. The lowest BCUT2D eigenvalue weighted by Gasteiger charge is -2.20.